The van der Waals surface area contributed by atoms with Gasteiger partial charge in [-0.15, -0.1) is 0 Å². The van der Waals surface area contributed by atoms with Crippen LogP contribution in [0.5, 0.6) is 5.75 Å². The van der Waals surface area contributed by atoms with E-state index in [1.165, 1.54) is 0 Å². The number of aromatic hydroxyl groups is 1. The summed E-state index contributed by atoms with van der Waals surface area (Å²) in [5.74, 6) is -0.942. The second-order valence-electron chi connectivity index (χ2n) is 7.97. The summed E-state index contributed by atoms with van der Waals surface area (Å²) in [6.07, 6.45) is 0.477. The average Bonchev–Trinajstić information content (AvgIpc) is 2.27. The lowest BCUT2D eigenvalue weighted by Crippen LogP contribution is -2.21. The number of hydrogen-bond acceptors (Lipinski definition) is 2. The molecule has 1 rings (SSSR count). The van der Waals surface area contributed by atoms with E-state index < -0.39 is 11.9 Å². The van der Waals surface area contributed by atoms with Gasteiger partial charge in [0.15, 0.2) is 0 Å². The number of carboxylic acids is 1. The van der Waals surface area contributed by atoms with Crippen LogP contribution in [0.3, 0.4) is 0 Å². The zero-order chi connectivity index (χ0) is 16.6. The van der Waals surface area contributed by atoms with E-state index in [0.717, 1.165) is 16.7 Å². The second kappa shape index (κ2) is 5.70. The van der Waals surface area contributed by atoms with E-state index in [4.69, 9.17) is 0 Å². The molecule has 0 saturated heterocycles. The SMILES string of the molecule is CC(Cc1cc(C(C)(C)C)c(O)cc1C(C)(C)C)C(=O)O. The van der Waals surface area contributed by atoms with Crippen LogP contribution in [0.1, 0.15) is 65.2 Å². The van der Waals surface area contributed by atoms with Crippen molar-refractivity contribution in [3.63, 3.8) is 0 Å². The molecule has 0 aliphatic carbocycles. The Balaban J connectivity index is 3.45. The van der Waals surface area contributed by atoms with E-state index >= 15 is 0 Å². The van der Waals surface area contributed by atoms with Gasteiger partial charge in [0.05, 0.1) is 5.92 Å². The molecule has 2 N–H and O–H groups in total. The van der Waals surface area contributed by atoms with Crippen molar-refractivity contribution < 1.29 is 15.0 Å². The third-order valence-corrected chi connectivity index (χ3v) is 3.79. The average molecular weight is 292 g/mol. The first-order valence-corrected chi connectivity index (χ1v) is 7.43. The van der Waals surface area contributed by atoms with Gasteiger partial charge >= 0.3 is 5.97 Å². The largest absolute Gasteiger partial charge is 0.508 e. The Hall–Kier alpha value is -1.51. The van der Waals surface area contributed by atoms with E-state index in [0.29, 0.717) is 12.2 Å². The van der Waals surface area contributed by atoms with Gasteiger partial charge in [-0.25, -0.2) is 0 Å². The molecular weight excluding hydrogens is 264 g/mol. The fraction of sp³-hybridized carbons (Fsp3) is 0.611. The van der Waals surface area contributed by atoms with Crippen molar-refractivity contribution in [2.75, 3.05) is 0 Å². The molecule has 3 heteroatoms. The predicted molar refractivity (Wildman–Crippen MR) is 86.0 cm³/mol. The standard InChI is InChI=1S/C18H28O3/c1-11(16(20)21)8-12-9-14(18(5,6)7)15(19)10-13(12)17(2,3)4/h9-11,19H,8H2,1-7H3,(H,20,21). The van der Waals surface area contributed by atoms with E-state index in [1.807, 2.05) is 32.9 Å². The fourth-order valence-electron chi connectivity index (χ4n) is 2.52. The van der Waals surface area contributed by atoms with Crippen molar-refractivity contribution in [3.8, 4) is 5.75 Å². The Kier molecular flexibility index (Phi) is 4.76. The van der Waals surface area contributed by atoms with Gasteiger partial charge in [0.2, 0.25) is 0 Å². The second-order valence-corrected chi connectivity index (χ2v) is 7.97. The van der Waals surface area contributed by atoms with Crippen LogP contribution in [0.25, 0.3) is 0 Å². The molecule has 1 aromatic carbocycles. The molecule has 0 spiro atoms. The molecule has 0 aliphatic rings. The Morgan fingerprint density at radius 2 is 1.52 bits per heavy atom. The molecule has 0 amide bonds. The highest BCUT2D eigenvalue weighted by Gasteiger charge is 2.26. The van der Waals surface area contributed by atoms with Gasteiger partial charge in [-0.05, 0) is 40.0 Å². The summed E-state index contributed by atoms with van der Waals surface area (Å²) >= 11 is 0. The smallest absolute Gasteiger partial charge is 0.306 e. The maximum Gasteiger partial charge on any atom is 0.306 e. The van der Waals surface area contributed by atoms with Gasteiger partial charge in [-0.2, -0.15) is 0 Å². The van der Waals surface area contributed by atoms with E-state index in [2.05, 4.69) is 20.8 Å². The lowest BCUT2D eigenvalue weighted by atomic mass is 9.77. The summed E-state index contributed by atoms with van der Waals surface area (Å²) in [6.45, 7) is 14.1. The molecule has 0 aromatic heterocycles. The van der Waals surface area contributed by atoms with Gasteiger partial charge in [0, 0.05) is 0 Å². The van der Waals surface area contributed by atoms with Crippen molar-refractivity contribution in [2.45, 2.75) is 65.7 Å². The molecule has 21 heavy (non-hydrogen) atoms. The zero-order valence-electron chi connectivity index (χ0n) is 14.2. The van der Waals surface area contributed by atoms with Crippen LogP contribution in [-0.2, 0) is 22.0 Å². The van der Waals surface area contributed by atoms with Gasteiger partial charge in [-0.1, -0.05) is 54.5 Å². The summed E-state index contributed by atoms with van der Waals surface area (Å²) in [5.41, 5.74) is 2.58. The highest BCUT2D eigenvalue weighted by atomic mass is 16.4. The van der Waals surface area contributed by atoms with Gasteiger partial charge in [0.1, 0.15) is 5.75 Å². The summed E-state index contributed by atoms with van der Waals surface area (Å²) in [7, 11) is 0. The number of carboxylic acid groups (broad SMARTS) is 1. The minimum Gasteiger partial charge on any atom is -0.508 e. The number of benzene rings is 1. The third-order valence-electron chi connectivity index (χ3n) is 3.79. The number of hydrogen-bond donors (Lipinski definition) is 2. The third kappa shape index (κ3) is 4.23. The molecular formula is C18H28O3. The van der Waals surface area contributed by atoms with Crippen LogP contribution >= 0.6 is 0 Å². The summed E-state index contributed by atoms with van der Waals surface area (Å²) in [6, 6.07) is 3.79. The highest BCUT2D eigenvalue weighted by Crippen LogP contribution is 2.37. The Labute approximate surface area is 128 Å². The van der Waals surface area contributed by atoms with Crippen LogP contribution in [0.4, 0.5) is 0 Å². The molecule has 0 bridgehead atoms. The number of rotatable bonds is 3. The molecule has 0 saturated carbocycles. The van der Waals surface area contributed by atoms with E-state index in [-0.39, 0.29) is 10.8 Å². The Bertz CT molecular complexity index is 531. The molecule has 1 atom stereocenters. The van der Waals surface area contributed by atoms with Crippen LogP contribution in [-0.4, -0.2) is 16.2 Å². The van der Waals surface area contributed by atoms with Crippen LogP contribution in [0.15, 0.2) is 12.1 Å². The molecule has 1 aromatic rings. The van der Waals surface area contributed by atoms with Crippen molar-refractivity contribution in [3.05, 3.63) is 28.8 Å². The van der Waals surface area contributed by atoms with Crippen LogP contribution in [0.2, 0.25) is 0 Å². The molecule has 1 unspecified atom stereocenters. The first-order valence-electron chi connectivity index (χ1n) is 7.43. The fourth-order valence-corrected chi connectivity index (χ4v) is 2.52. The number of carbonyl (C=O) groups is 1. The Morgan fingerprint density at radius 1 is 1.05 bits per heavy atom. The van der Waals surface area contributed by atoms with Crippen molar-refractivity contribution in [1.29, 1.82) is 0 Å². The molecule has 3 nitrogen and oxygen atoms in total. The molecule has 0 radical (unpaired) electrons. The van der Waals surface area contributed by atoms with Crippen molar-refractivity contribution in [1.82, 2.24) is 0 Å². The van der Waals surface area contributed by atoms with Gasteiger partial charge < -0.3 is 10.2 Å². The first kappa shape index (κ1) is 17.5. The van der Waals surface area contributed by atoms with Crippen LogP contribution < -0.4 is 0 Å². The normalized spacial score (nSPS) is 14.0. The molecule has 0 heterocycles. The lowest BCUT2D eigenvalue weighted by Gasteiger charge is -2.28. The van der Waals surface area contributed by atoms with E-state index in [9.17, 15) is 15.0 Å². The van der Waals surface area contributed by atoms with Gasteiger partial charge in [0.25, 0.3) is 0 Å². The van der Waals surface area contributed by atoms with Gasteiger partial charge in [-0.3, -0.25) is 4.79 Å². The highest BCUT2D eigenvalue weighted by molar-refractivity contribution is 5.70. The first-order chi connectivity index (χ1) is 9.34. The molecule has 0 aliphatic heterocycles. The number of phenols is 1. The zero-order valence-corrected chi connectivity index (χ0v) is 14.2. The summed E-state index contributed by atoms with van der Waals surface area (Å²) < 4.78 is 0. The molecule has 0 fully saturated rings. The van der Waals surface area contributed by atoms with Crippen LogP contribution in [0, 0.1) is 5.92 Å². The lowest BCUT2D eigenvalue weighted by molar-refractivity contribution is -0.141. The van der Waals surface area contributed by atoms with E-state index in [1.54, 1.807) is 6.92 Å². The number of aliphatic carboxylic acids is 1. The topological polar surface area (TPSA) is 57.5 Å². The minimum atomic E-state index is -0.791. The quantitative estimate of drug-likeness (QED) is 0.875. The Morgan fingerprint density at radius 3 is 1.90 bits per heavy atom. The van der Waals surface area contributed by atoms with Crippen molar-refractivity contribution in [2.24, 2.45) is 5.92 Å². The molecule has 118 valence electrons. The summed E-state index contributed by atoms with van der Waals surface area (Å²) in [5, 5.41) is 19.5. The minimum absolute atomic E-state index is 0.137. The number of phenolic OH excluding ortho intramolecular Hbond substituents is 1. The van der Waals surface area contributed by atoms with Crippen molar-refractivity contribution >= 4 is 5.97 Å². The summed E-state index contributed by atoms with van der Waals surface area (Å²) in [4.78, 5) is 11.2. The maximum absolute atomic E-state index is 11.2. The monoisotopic (exact) mass is 292 g/mol. The maximum atomic E-state index is 11.2. The predicted octanol–water partition coefficient (Wildman–Crippen LogP) is 4.25.